The number of benzene rings is 1. The van der Waals surface area contributed by atoms with Crippen LogP contribution in [0.4, 0.5) is 0 Å². The predicted molar refractivity (Wildman–Crippen MR) is 92.4 cm³/mol. The molecule has 18 heavy (non-hydrogen) atoms. The molecule has 92 valence electrons. The van der Waals surface area contributed by atoms with Crippen LogP contribution in [0.2, 0.25) is 0 Å². The molecule has 0 N–H and O–H groups in total. The molecule has 0 aromatic heterocycles. The summed E-state index contributed by atoms with van der Waals surface area (Å²) in [5, 5.41) is 0. The van der Waals surface area contributed by atoms with Crippen molar-refractivity contribution in [3.05, 3.63) is 59.7 Å². The van der Waals surface area contributed by atoms with E-state index in [1.807, 2.05) is 30.3 Å². The molecule has 0 nitrogen and oxygen atoms in total. The lowest BCUT2D eigenvalue weighted by atomic mass is 10.1. The molecule has 0 spiro atoms. The first-order valence-electron chi connectivity index (χ1n) is 5.62. The third-order valence-corrected chi connectivity index (χ3v) is 6.15. The Bertz CT molecular complexity index is 500. The second-order valence-corrected chi connectivity index (χ2v) is 7.23. The van der Waals surface area contributed by atoms with E-state index in [1.165, 1.54) is 0 Å². The molecule has 4 heteroatoms. The van der Waals surface area contributed by atoms with Gasteiger partial charge in [-0.3, -0.25) is 0 Å². The second kappa shape index (κ2) is 7.24. The minimum atomic E-state index is 0.878. The number of hydrogen-bond acceptors (Lipinski definition) is 4. The van der Waals surface area contributed by atoms with E-state index in [-0.39, 0.29) is 0 Å². The molecule has 0 amide bonds. The van der Waals surface area contributed by atoms with Crippen LogP contribution in [-0.2, 0) is 0 Å². The first-order chi connectivity index (χ1) is 8.77. The monoisotopic (exact) mass is 308 g/mol. The molecule has 0 aliphatic heterocycles. The maximum Gasteiger partial charge on any atom is 0.0888 e. The zero-order valence-corrected chi connectivity index (χ0v) is 12.9. The highest BCUT2D eigenvalue weighted by atomic mass is 33.1. The van der Waals surface area contributed by atoms with Crippen LogP contribution in [0, 0.1) is 0 Å². The van der Waals surface area contributed by atoms with Gasteiger partial charge in [-0.1, -0.05) is 73.0 Å². The summed E-state index contributed by atoms with van der Waals surface area (Å²) in [6.45, 7) is 0. The lowest BCUT2D eigenvalue weighted by Gasteiger charge is -2.08. The highest BCUT2D eigenvalue weighted by Gasteiger charge is 2.08. The molecular formula is C14H12S4. The summed E-state index contributed by atoms with van der Waals surface area (Å²) in [6, 6.07) is 10.0. The van der Waals surface area contributed by atoms with Crippen LogP contribution in [0.1, 0.15) is 18.4 Å². The smallest absolute Gasteiger partial charge is 0.0836 e. The summed E-state index contributed by atoms with van der Waals surface area (Å²) in [7, 11) is 3.14. The Morgan fingerprint density at radius 3 is 2.33 bits per heavy atom. The van der Waals surface area contributed by atoms with Gasteiger partial charge < -0.3 is 0 Å². The normalized spacial score (nSPS) is 14.1. The number of allylic oxidation sites excluding steroid dienone is 3. The molecule has 2 rings (SSSR count). The number of rotatable bonds is 2. The topological polar surface area (TPSA) is 0 Å². The number of thiocarbonyl (C=S) groups is 2. The van der Waals surface area contributed by atoms with Crippen molar-refractivity contribution in [1.82, 2.24) is 0 Å². The minimum Gasteiger partial charge on any atom is -0.0836 e. The fourth-order valence-electron chi connectivity index (χ4n) is 1.51. The largest absolute Gasteiger partial charge is 0.0888 e. The summed E-state index contributed by atoms with van der Waals surface area (Å²) in [4.78, 5) is 0. The maximum absolute atomic E-state index is 5.41. The van der Waals surface area contributed by atoms with Gasteiger partial charge in [0.1, 0.15) is 0 Å². The summed E-state index contributed by atoms with van der Waals surface area (Å²) < 4.78 is 1.79. The van der Waals surface area contributed by atoms with Crippen molar-refractivity contribution in [3.8, 4) is 0 Å². The van der Waals surface area contributed by atoms with Crippen molar-refractivity contribution < 1.29 is 0 Å². The van der Waals surface area contributed by atoms with E-state index in [2.05, 4.69) is 18.2 Å². The third-order valence-electron chi connectivity index (χ3n) is 2.43. The van der Waals surface area contributed by atoms with E-state index < -0.39 is 0 Å². The van der Waals surface area contributed by atoms with Crippen LogP contribution in [0.5, 0.6) is 0 Å². The Morgan fingerprint density at radius 2 is 1.67 bits per heavy atom. The highest BCUT2D eigenvalue weighted by Crippen LogP contribution is 2.32. The van der Waals surface area contributed by atoms with Crippen LogP contribution in [0.25, 0.3) is 0 Å². The molecule has 1 aliphatic rings. The zero-order valence-electron chi connectivity index (χ0n) is 9.67. The van der Waals surface area contributed by atoms with Gasteiger partial charge in [0.2, 0.25) is 0 Å². The maximum atomic E-state index is 5.41. The van der Waals surface area contributed by atoms with Crippen molar-refractivity contribution in [1.29, 1.82) is 0 Å². The molecule has 1 aromatic carbocycles. The average Bonchev–Trinajstić information content (AvgIpc) is 2.46. The van der Waals surface area contributed by atoms with Gasteiger partial charge in [0.05, 0.1) is 8.39 Å². The summed E-state index contributed by atoms with van der Waals surface area (Å²) in [5.74, 6) is 0. The van der Waals surface area contributed by atoms with Gasteiger partial charge in [0.25, 0.3) is 0 Å². The van der Waals surface area contributed by atoms with Crippen molar-refractivity contribution in [2.45, 2.75) is 12.8 Å². The molecule has 1 aliphatic carbocycles. The molecule has 0 bridgehead atoms. The fraction of sp³-hybridized carbons (Fsp3) is 0.143. The summed E-state index contributed by atoms with van der Waals surface area (Å²) in [6.07, 6.45) is 8.67. The van der Waals surface area contributed by atoms with Gasteiger partial charge in [-0.2, -0.15) is 0 Å². The Hall–Kier alpha value is -0.420. The Balaban J connectivity index is 1.88. The SMILES string of the molecule is S=C(SSC(=S)c1ccccc1)C1=CCCC=C1. The van der Waals surface area contributed by atoms with E-state index in [0.29, 0.717) is 0 Å². The van der Waals surface area contributed by atoms with Crippen LogP contribution in [-0.4, -0.2) is 8.39 Å². The third kappa shape index (κ3) is 4.05. The molecule has 0 fully saturated rings. The number of hydrogen-bond donors (Lipinski definition) is 0. The second-order valence-electron chi connectivity index (χ2n) is 3.75. The predicted octanol–water partition coefficient (Wildman–Crippen LogP) is 5.35. The van der Waals surface area contributed by atoms with E-state index in [0.717, 1.165) is 32.4 Å². The quantitative estimate of drug-likeness (QED) is 0.533. The summed E-state index contributed by atoms with van der Waals surface area (Å²) >= 11 is 10.8. The van der Waals surface area contributed by atoms with Crippen LogP contribution in [0.3, 0.4) is 0 Å². The molecule has 0 radical (unpaired) electrons. The zero-order chi connectivity index (χ0) is 12.8. The van der Waals surface area contributed by atoms with E-state index in [4.69, 9.17) is 24.4 Å². The standard InChI is InChI=1S/C14H12S4/c15-13(11-7-3-1-4-8-11)17-18-14(16)12-9-5-2-6-10-12/h1,3-5,7-10H,2,6H2. The van der Waals surface area contributed by atoms with Crippen LogP contribution >= 0.6 is 46.0 Å². The minimum absolute atomic E-state index is 0.878. The van der Waals surface area contributed by atoms with Crippen molar-refractivity contribution >= 4 is 54.4 Å². The van der Waals surface area contributed by atoms with Gasteiger partial charge in [-0.15, -0.1) is 0 Å². The molecule has 1 aromatic rings. The first kappa shape index (κ1) is 14.0. The van der Waals surface area contributed by atoms with E-state index >= 15 is 0 Å². The van der Waals surface area contributed by atoms with Crippen LogP contribution in [0.15, 0.2) is 54.1 Å². The summed E-state index contributed by atoms with van der Waals surface area (Å²) in [5.41, 5.74) is 2.24. The van der Waals surface area contributed by atoms with E-state index in [9.17, 15) is 0 Å². The highest BCUT2D eigenvalue weighted by molar-refractivity contribution is 8.90. The van der Waals surface area contributed by atoms with Crippen molar-refractivity contribution in [3.63, 3.8) is 0 Å². The molecule has 0 unspecified atom stereocenters. The lowest BCUT2D eigenvalue weighted by Crippen LogP contribution is -1.95. The first-order valence-corrected chi connectivity index (χ1v) is 8.59. The van der Waals surface area contributed by atoms with E-state index in [1.54, 1.807) is 21.6 Å². The Morgan fingerprint density at radius 1 is 0.944 bits per heavy atom. The molecule has 0 heterocycles. The van der Waals surface area contributed by atoms with Crippen molar-refractivity contribution in [2.24, 2.45) is 0 Å². The Labute approximate surface area is 126 Å². The van der Waals surface area contributed by atoms with Crippen molar-refractivity contribution in [2.75, 3.05) is 0 Å². The molecule has 0 saturated carbocycles. The Kier molecular flexibility index (Phi) is 5.63. The molecular weight excluding hydrogens is 296 g/mol. The lowest BCUT2D eigenvalue weighted by molar-refractivity contribution is 1.03. The van der Waals surface area contributed by atoms with Crippen LogP contribution < -0.4 is 0 Å². The average molecular weight is 309 g/mol. The van der Waals surface area contributed by atoms with Gasteiger partial charge in [-0.25, -0.2) is 0 Å². The molecule has 0 atom stereocenters. The van der Waals surface area contributed by atoms with Gasteiger partial charge in [0.15, 0.2) is 0 Å². The van der Waals surface area contributed by atoms with Gasteiger partial charge in [0, 0.05) is 0 Å². The van der Waals surface area contributed by atoms with Gasteiger partial charge >= 0.3 is 0 Å². The molecule has 0 saturated heterocycles. The fourth-order valence-corrected chi connectivity index (χ4v) is 4.07. The van der Waals surface area contributed by atoms with Gasteiger partial charge in [-0.05, 0) is 45.6 Å².